The molecule has 12 aromatic carbocycles. The van der Waals surface area contributed by atoms with Crippen LogP contribution in [0.4, 0.5) is 34.1 Å². The van der Waals surface area contributed by atoms with Crippen LogP contribution in [0.25, 0.3) is 55.9 Å². The average Bonchev–Trinajstić information content (AvgIpc) is 1.95. The van der Waals surface area contributed by atoms with Crippen LogP contribution in [0.2, 0.25) is 0 Å². The maximum atomic E-state index is 15.6. The highest BCUT2D eigenvalue weighted by molar-refractivity contribution is 6.29. The zero-order chi connectivity index (χ0) is 57.8. The van der Waals surface area contributed by atoms with Crippen molar-refractivity contribution in [1.82, 2.24) is 10.1 Å². The first-order valence-corrected chi connectivity index (χ1v) is 28.6. The van der Waals surface area contributed by atoms with Crippen molar-refractivity contribution in [3.05, 3.63) is 350 Å². The molecule has 0 unspecified atom stereocenters. The van der Waals surface area contributed by atoms with Gasteiger partial charge >= 0.3 is 0 Å². The Morgan fingerprint density at radius 2 is 0.395 bits per heavy atom. The predicted octanol–water partition coefficient (Wildman–Crippen LogP) is 19.1. The number of hydroxylamine groups is 4. The minimum atomic E-state index is -0.521. The van der Waals surface area contributed by atoms with Gasteiger partial charge in [0.1, 0.15) is 11.4 Å². The van der Waals surface area contributed by atoms with E-state index in [0.717, 1.165) is 78.6 Å². The Balaban J connectivity index is 0.879. The van der Waals surface area contributed by atoms with Crippen LogP contribution in [-0.2, 0) is 9.59 Å². The van der Waals surface area contributed by atoms with Gasteiger partial charge in [-0.3, -0.25) is 9.59 Å². The normalized spacial score (nSPS) is 12.8. The molecule has 2 heterocycles. The number of nitrogens with zero attached hydrogens (tertiary/aromatic N) is 4. The Kier molecular flexibility index (Phi) is 14.2. The van der Waals surface area contributed by atoms with Crippen LogP contribution >= 0.6 is 0 Å². The van der Waals surface area contributed by atoms with Gasteiger partial charge in [-0.1, -0.05) is 231 Å². The molecule has 8 heteroatoms. The largest absolute Gasteiger partial charge is 0.372 e. The second-order valence-corrected chi connectivity index (χ2v) is 20.9. The zero-order valence-corrected chi connectivity index (χ0v) is 46.6. The minimum Gasteiger partial charge on any atom is -0.372 e. The van der Waals surface area contributed by atoms with Crippen molar-refractivity contribution in [3.63, 3.8) is 0 Å². The fourth-order valence-corrected chi connectivity index (χ4v) is 11.3. The van der Waals surface area contributed by atoms with Crippen molar-refractivity contribution in [2.24, 2.45) is 0 Å². The molecule has 410 valence electrons. The van der Waals surface area contributed by atoms with E-state index in [-0.39, 0.29) is 22.5 Å². The fourth-order valence-electron chi connectivity index (χ4n) is 11.3. The lowest BCUT2D eigenvalue weighted by molar-refractivity contribution is -0.140. The van der Waals surface area contributed by atoms with Gasteiger partial charge in [0.15, 0.2) is 11.5 Å². The van der Waals surface area contributed by atoms with E-state index in [2.05, 4.69) is 155 Å². The Morgan fingerprint density at radius 1 is 0.209 bits per heavy atom. The van der Waals surface area contributed by atoms with Gasteiger partial charge in [0, 0.05) is 45.3 Å². The molecule has 8 nitrogen and oxygen atoms in total. The van der Waals surface area contributed by atoms with Gasteiger partial charge in [-0.05, 0) is 142 Å². The van der Waals surface area contributed by atoms with Gasteiger partial charge in [0.25, 0.3) is 11.8 Å². The molecule has 2 aliphatic rings. The summed E-state index contributed by atoms with van der Waals surface area (Å²) in [6.45, 7) is 0. The number of rotatable bonds is 16. The first kappa shape index (κ1) is 52.3. The molecular formula is C78H54N4O4. The van der Waals surface area contributed by atoms with Crippen LogP contribution in [0, 0.1) is 0 Å². The first-order chi connectivity index (χ1) is 42.5. The van der Waals surface area contributed by atoms with Crippen molar-refractivity contribution >= 4 is 57.3 Å². The molecule has 0 bridgehead atoms. The summed E-state index contributed by atoms with van der Waals surface area (Å²) < 4.78 is 0. The second kappa shape index (κ2) is 23.3. The molecular weight excluding hydrogens is 1060 g/mol. The summed E-state index contributed by atoms with van der Waals surface area (Å²) >= 11 is 0. The quantitative estimate of drug-likeness (QED) is 0.0961. The molecule has 0 saturated heterocycles. The molecule has 2 amide bonds. The first-order valence-electron chi connectivity index (χ1n) is 28.6. The lowest BCUT2D eigenvalue weighted by atomic mass is 10.0. The van der Waals surface area contributed by atoms with Crippen LogP contribution < -0.4 is 19.5 Å². The average molecular weight is 1110 g/mol. The summed E-state index contributed by atoms with van der Waals surface area (Å²) in [4.78, 5) is 48.7. The third-order valence-corrected chi connectivity index (χ3v) is 15.5. The van der Waals surface area contributed by atoms with Gasteiger partial charge in [0.2, 0.25) is 0 Å². The van der Waals surface area contributed by atoms with Crippen LogP contribution in [0.5, 0.6) is 11.5 Å². The third kappa shape index (κ3) is 10.4. The van der Waals surface area contributed by atoms with E-state index < -0.39 is 11.8 Å². The number of hydrogen-bond donors (Lipinski definition) is 0. The second-order valence-electron chi connectivity index (χ2n) is 20.9. The highest BCUT2D eigenvalue weighted by Crippen LogP contribution is 2.49. The third-order valence-electron chi connectivity index (χ3n) is 15.5. The Morgan fingerprint density at radius 3 is 0.616 bits per heavy atom. The Bertz CT molecular complexity index is 3960. The van der Waals surface area contributed by atoms with Gasteiger partial charge in [-0.15, -0.1) is 10.1 Å². The van der Waals surface area contributed by atoms with Crippen molar-refractivity contribution in [2.75, 3.05) is 9.80 Å². The van der Waals surface area contributed by atoms with E-state index in [9.17, 15) is 0 Å². The zero-order valence-electron chi connectivity index (χ0n) is 46.6. The van der Waals surface area contributed by atoms with E-state index in [1.54, 1.807) is 24.3 Å². The molecule has 0 atom stereocenters. The van der Waals surface area contributed by atoms with E-state index in [1.807, 2.05) is 158 Å². The Hall–Kier alpha value is -11.7. The monoisotopic (exact) mass is 1110 g/mol. The van der Waals surface area contributed by atoms with Crippen LogP contribution in [-0.4, -0.2) is 21.9 Å². The maximum Gasteiger partial charge on any atom is 0.294 e. The Labute approximate surface area is 499 Å². The molecule has 12 aromatic rings. The molecule has 0 aliphatic carbocycles. The van der Waals surface area contributed by atoms with Gasteiger partial charge in [-0.25, -0.2) is 0 Å². The van der Waals surface area contributed by atoms with Crippen molar-refractivity contribution < 1.29 is 19.3 Å². The number of para-hydroxylation sites is 2. The molecule has 0 N–H and O–H groups in total. The van der Waals surface area contributed by atoms with Gasteiger partial charge in [0.05, 0.1) is 11.1 Å². The minimum absolute atomic E-state index is 0.150. The molecule has 0 fully saturated rings. The van der Waals surface area contributed by atoms with E-state index in [4.69, 9.17) is 9.68 Å². The highest BCUT2D eigenvalue weighted by Gasteiger charge is 2.52. The van der Waals surface area contributed by atoms with E-state index >= 15 is 9.59 Å². The summed E-state index contributed by atoms with van der Waals surface area (Å²) in [5, 5.41) is 2.51. The summed E-state index contributed by atoms with van der Waals surface area (Å²) in [6.07, 6.45) is 0. The van der Waals surface area contributed by atoms with E-state index in [1.165, 1.54) is 10.1 Å². The summed E-state index contributed by atoms with van der Waals surface area (Å²) in [7, 11) is 0. The molecule has 2 aliphatic heterocycles. The lowest BCUT2D eigenvalue weighted by Gasteiger charge is -2.27. The van der Waals surface area contributed by atoms with Crippen molar-refractivity contribution in [1.29, 1.82) is 0 Å². The number of fused-ring (bicyclic) bond motifs is 1. The number of benzene rings is 12. The number of anilines is 6. The number of carbonyl (C=O) groups is 2. The van der Waals surface area contributed by atoms with Crippen molar-refractivity contribution in [3.8, 4) is 56.0 Å². The topological polar surface area (TPSA) is 65.6 Å². The highest BCUT2D eigenvalue weighted by atomic mass is 16.7. The SMILES string of the molecule is O=C1C2=C(c3ccc(N(c4ccc(-c5ccccc5)cc4)c4ccc(-c5ccccc5)cc4)cc3)N(Oc3ccccc3)C(=O)C2=C(c2ccc(N(c3ccc(-c4ccccc4)cc3)c3ccc(-c4ccccc4)cc3)cc2)N1Oc1ccccc1. The van der Waals surface area contributed by atoms with Crippen LogP contribution in [0.1, 0.15) is 11.1 Å². The van der Waals surface area contributed by atoms with Crippen LogP contribution in [0.3, 0.4) is 0 Å². The standard InChI is InChI=1S/C78H54N4O4/c83-77-73-74(76(82(77)86-72-29-17-6-18-30-72)64-41-53-70(54-42-64)80(67-47-35-61(36-48-67)57-23-11-3-12-24-57)68-49-37-62(38-50-68)58-25-13-4-14-26-58)78(84)81(85-71-27-15-5-16-28-71)75(73)63-39-51-69(52-40-63)79(65-43-31-59(32-44-65)55-19-7-1-8-20-55)66-45-33-60(34-46-66)56-21-9-2-10-22-56/h1-54H. The molecule has 86 heavy (non-hydrogen) atoms. The number of amides is 2. The molecule has 0 aromatic heterocycles. The number of carbonyl (C=O) groups excluding carboxylic acids is 2. The van der Waals surface area contributed by atoms with Crippen molar-refractivity contribution in [2.45, 2.75) is 0 Å². The fraction of sp³-hybridized carbons (Fsp3) is 0. The van der Waals surface area contributed by atoms with Gasteiger partial charge in [-0.2, -0.15) is 0 Å². The van der Waals surface area contributed by atoms with Gasteiger partial charge < -0.3 is 19.5 Å². The lowest BCUT2D eigenvalue weighted by Crippen LogP contribution is -2.33. The smallest absolute Gasteiger partial charge is 0.294 e. The molecule has 0 radical (unpaired) electrons. The molecule has 14 rings (SSSR count). The molecule has 0 saturated carbocycles. The van der Waals surface area contributed by atoms with Crippen LogP contribution in [0.15, 0.2) is 339 Å². The molecule has 0 spiro atoms. The van der Waals surface area contributed by atoms with E-state index in [0.29, 0.717) is 22.6 Å². The maximum absolute atomic E-state index is 15.6. The summed E-state index contributed by atoms with van der Waals surface area (Å²) in [6, 6.07) is 110. The summed E-state index contributed by atoms with van der Waals surface area (Å²) in [5.41, 5.74) is 16.4. The predicted molar refractivity (Wildman–Crippen MR) is 346 cm³/mol. The summed E-state index contributed by atoms with van der Waals surface area (Å²) in [5.74, 6) is -0.201. The number of hydrogen-bond acceptors (Lipinski definition) is 6.